The first-order chi connectivity index (χ1) is 53.5. The van der Waals surface area contributed by atoms with Gasteiger partial charge in [-0.3, -0.25) is 0 Å². The fraction of sp³-hybridized carbons (Fsp3) is 0.356. The van der Waals surface area contributed by atoms with Gasteiger partial charge < -0.3 is 66.3 Å². The molecule has 2 atom stereocenters. The third kappa shape index (κ3) is 21.1. The quantitative estimate of drug-likeness (QED) is 0.0294. The summed E-state index contributed by atoms with van der Waals surface area (Å²) in [7, 11) is 0. The molecule has 0 bridgehead atoms. The lowest BCUT2D eigenvalue weighted by atomic mass is 9.78. The number of halogens is 4. The summed E-state index contributed by atoms with van der Waals surface area (Å²) in [6, 6.07) is 46.1. The number of hydrogen-bond acceptors (Lipinski definition) is 20. The smallest absolute Gasteiger partial charge is 0.344 e. The second-order valence-electron chi connectivity index (χ2n) is 33.2. The van der Waals surface area contributed by atoms with Crippen LogP contribution < -0.4 is 37.9 Å². The Morgan fingerprint density at radius 3 is 0.877 bits per heavy atom. The Kier molecular flexibility index (Phi) is 25.2. The zero-order valence-electron chi connectivity index (χ0n) is 66.3. The van der Waals surface area contributed by atoms with E-state index in [1.54, 1.807) is 129 Å². The van der Waals surface area contributed by atoms with Crippen LogP contribution in [0.15, 0.2) is 146 Å². The lowest BCUT2D eigenvalue weighted by molar-refractivity contribution is -0.166. The van der Waals surface area contributed by atoms with Crippen LogP contribution >= 0.6 is 90.4 Å². The lowest BCUT2D eigenvalue weighted by Gasteiger charge is -2.32. The minimum atomic E-state index is -1.04. The maximum atomic E-state index is 14.0. The number of carbonyl (C=O) groups is 6. The van der Waals surface area contributed by atoms with Gasteiger partial charge in [0.05, 0.1) is 10.7 Å². The van der Waals surface area contributed by atoms with E-state index in [1.165, 1.54) is 0 Å². The van der Waals surface area contributed by atoms with Gasteiger partial charge in [-0.1, -0.05) is 48.5 Å². The number of carbonyl (C=O) groups excluding carboxylic acids is 6. The summed E-state index contributed by atoms with van der Waals surface area (Å²) >= 11 is 8.98. The molecule has 0 saturated heterocycles. The van der Waals surface area contributed by atoms with Crippen molar-refractivity contribution < 1.29 is 95.1 Å². The summed E-state index contributed by atoms with van der Waals surface area (Å²) < 4.78 is 89.0. The van der Waals surface area contributed by atoms with E-state index >= 15 is 0 Å². The summed E-state index contributed by atoms with van der Waals surface area (Å²) in [4.78, 5) is 80.0. The molecular formula is C90H90I4O20. The number of hydrogen-bond donors (Lipinski definition) is 0. The van der Waals surface area contributed by atoms with Crippen molar-refractivity contribution in [1.29, 1.82) is 0 Å². The average molecular weight is 2000 g/mol. The zero-order chi connectivity index (χ0) is 82.3. The highest BCUT2D eigenvalue weighted by Crippen LogP contribution is 2.57. The molecule has 0 saturated carbocycles. The van der Waals surface area contributed by atoms with Gasteiger partial charge in [-0.15, -0.1) is 0 Å². The van der Waals surface area contributed by atoms with Gasteiger partial charge in [-0.05, 0) is 360 Å². The predicted molar refractivity (Wildman–Crippen MR) is 468 cm³/mol. The largest absolute Gasteiger partial charge is 0.482 e. The Bertz CT molecular complexity index is 5420. The van der Waals surface area contributed by atoms with E-state index in [-0.39, 0.29) is 26.4 Å². The number of benzene rings is 10. The first-order valence-corrected chi connectivity index (χ1v) is 41.5. The van der Waals surface area contributed by atoms with Gasteiger partial charge in [-0.25, -0.2) is 28.8 Å². The highest BCUT2D eigenvalue weighted by molar-refractivity contribution is 14.1. The van der Waals surface area contributed by atoms with Gasteiger partial charge in [-0.2, -0.15) is 0 Å². The first-order valence-electron chi connectivity index (χ1n) is 37.2. The van der Waals surface area contributed by atoms with Crippen molar-refractivity contribution in [2.45, 2.75) is 169 Å². The van der Waals surface area contributed by atoms with E-state index in [0.717, 1.165) is 90.8 Å². The Balaban J connectivity index is 0.754. The topological polar surface area (TPSA) is 232 Å². The molecular weight excluding hydrogens is 1910 g/mol. The summed E-state index contributed by atoms with van der Waals surface area (Å²) in [5, 5.41) is 6.58. The van der Waals surface area contributed by atoms with E-state index in [4.69, 9.17) is 66.3 Å². The normalized spacial score (nSPS) is 14.1. The fourth-order valence-corrected chi connectivity index (χ4v) is 18.0. The van der Waals surface area contributed by atoms with E-state index in [1.807, 2.05) is 127 Å². The van der Waals surface area contributed by atoms with Gasteiger partial charge in [0, 0.05) is 43.2 Å². The monoisotopic (exact) mass is 2000 g/mol. The third-order valence-electron chi connectivity index (χ3n) is 18.2. The maximum absolute atomic E-state index is 14.0. The van der Waals surface area contributed by atoms with Gasteiger partial charge in [0.1, 0.15) is 91.1 Å². The molecule has 2 heterocycles. The second kappa shape index (κ2) is 33.9. The van der Waals surface area contributed by atoms with Crippen LogP contribution in [0.25, 0.3) is 43.1 Å². The molecule has 2 unspecified atom stereocenters. The molecule has 10 aromatic carbocycles. The standard InChI is InChI=1S/C90H90I4O20/c1-85(2,3)109-71(95)43-101-55-25-17-49-21-29-67-78(59(49)39-55)77(53-35-64(92)84(65(93)36-53)106-48-74(98)112-88(10,11)12)79-60-40-56(26-18-50(60)22-30-68(79)107-67)103-45-75(99)113-89(13,14)33-34-90(15,16)114-76(100)46-104-58-28-20-52-24-32-70-81(62(52)42-58)82(63-37-54(91)38-66(94)83(63)105-47-73(97)111-87(7,8)9)80-61-41-57(102-44-72(96)110-86(4,5)6)27-19-51(61)23-31-69(80)108-70/h17-32,35-42,77,82H,33-34,43-48H2,1-16H3. The molecule has 2 aliphatic heterocycles. The molecule has 0 radical (unpaired) electrons. The number of fused-ring (bicyclic) bond motifs is 12. The second-order valence-corrected chi connectivity index (χ2v) is 37.9. The van der Waals surface area contributed by atoms with Crippen LogP contribution in [0.5, 0.6) is 57.5 Å². The minimum Gasteiger partial charge on any atom is -0.482 e. The summed E-state index contributed by atoms with van der Waals surface area (Å²) in [5.74, 6) is 0.535. The fourth-order valence-electron chi connectivity index (χ4n) is 13.8. The third-order valence-corrected chi connectivity index (χ3v) is 21.2. The molecule has 0 spiro atoms. The number of rotatable bonds is 25. The Morgan fingerprint density at radius 1 is 0.307 bits per heavy atom. The van der Waals surface area contributed by atoms with Crippen LogP contribution in [0.4, 0.5) is 0 Å². The van der Waals surface area contributed by atoms with Crippen LogP contribution in [0.1, 0.15) is 169 Å². The number of esters is 6. The highest BCUT2D eigenvalue weighted by atomic mass is 127. The molecule has 0 amide bonds. The van der Waals surface area contributed by atoms with Crippen LogP contribution in [-0.2, 0) is 57.2 Å². The first kappa shape index (κ1) is 84.8. The van der Waals surface area contributed by atoms with Crippen molar-refractivity contribution in [3.8, 4) is 57.5 Å². The van der Waals surface area contributed by atoms with E-state index in [9.17, 15) is 28.8 Å². The van der Waals surface area contributed by atoms with Crippen LogP contribution in [0, 0.1) is 14.3 Å². The summed E-state index contributed by atoms with van der Waals surface area (Å²) in [5.41, 5.74) is -0.136. The predicted octanol–water partition coefficient (Wildman–Crippen LogP) is 21.1. The zero-order valence-corrected chi connectivity index (χ0v) is 75.0. The Labute approximate surface area is 717 Å². The lowest BCUT2D eigenvalue weighted by Crippen LogP contribution is -2.36. The average Bonchev–Trinajstić information content (AvgIpc) is 0.726. The summed E-state index contributed by atoms with van der Waals surface area (Å²) in [6.07, 6.45) is 0.603. The minimum absolute atomic E-state index is 0.289. The van der Waals surface area contributed by atoms with Crippen molar-refractivity contribution in [2.75, 3.05) is 39.6 Å². The molecule has 0 aliphatic carbocycles. The Morgan fingerprint density at radius 2 is 0.570 bits per heavy atom. The van der Waals surface area contributed by atoms with Crippen molar-refractivity contribution >= 4 is 169 Å². The molecule has 2 aliphatic rings. The Hall–Kier alpha value is -8.62. The van der Waals surface area contributed by atoms with Crippen molar-refractivity contribution in [1.82, 2.24) is 0 Å². The molecule has 12 rings (SSSR count). The molecule has 598 valence electrons. The van der Waals surface area contributed by atoms with Gasteiger partial charge >= 0.3 is 35.8 Å². The SMILES string of the molecule is CC(C)(C)OC(=O)COc1ccc2ccc3c(c2c1)C(c1cc(I)c(OCC(=O)OC(C)(C)C)c(I)c1)c1c(ccc2ccc(OCC(=O)OC(C)(C)CCC(C)(C)OC(=O)COc4ccc5ccc6c(c5c4)C(c4cc(I)cc(I)c4OCC(=O)OC(C)(C)C)c4c(ccc5ccc(OCC(=O)OC(C)(C)C)cc45)O6)cc12)O3. The molecule has 0 fully saturated rings. The van der Waals surface area contributed by atoms with Crippen molar-refractivity contribution in [3.05, 3.63) is 193 Å². The molecule has 10 aromatic rings. The maximum Gasteiger partial charge on any atom is 0.344 e. The van der Waals surface area contributed by atoms with E-state index in [2.05, 4.69) is 90.4 Å². The number of ether oxygens (including phenoxy) is 14. The van der Waals surface area contributed by atoms with Gasteiger partial charge in [0.2, 0.25) is 0 Å². The van der Waals surface area contributed by atoms with Gasteiger partial charge in [0.25, 0.3) is 0 Å². The van der Waals surface area contributed by atoms with Gasteiger partial charge in [0.15, 0.2) is 39.6 Å². The van der Waals surface area contributed by atoms with Crippen LogP contribution in [-0.4, -0.2) is 109 Å². The molecule has 0 aromatic heterocycles. The molecule has 114 heavy (non-hydrogen) atoms. The van der Waals surface area contributed by atoms with Crippen LogP contribution in [0.2, 0.25) is 0 Å². The van der Waals surface area contributed by atoms with E-state index in [0.29, 0.717) is 70.3 Å². The summed E-state index contributed by atoms with van der Waals surface area (Å²) in [6.45, 7) is 26.6. The van der Waals surface area contributed by atoms with Crippen molar-refractivity contribution in [3.63, 3.8) is 0 Å². The van der Waals surface area contributed by atoms with E-state index < -0.39 is 94.5 Å². The van der Waals surface area contributed by atoms with Crippen LogP contribution in [0.3, 0.4) is 0 Å². The van der Waals surface area contributed by atoms with Crippen molar-refractivity contribution in [2.24, 2.45) is 0 Å². The molecule has 20 nitrogen and oxygen atoms in total. The highest BCUT2D eigenvalue weighted by Gasteiger charge is 2.39. The molecule has 24 heteroatoms. The molecule has 0 N–H and O–H groups in total.